The second kappa shape index (κ2) is 5.72. The van der Waals surface area contributed by atoms with Gasteiger partial charge >= 0.3 is 0 Å². The van der Waals surface area contributed by atoms with Crippen LogP contribution in [0.4, 0.5) is 4.39 Å². The predicted molar refractivity (Wildman–Crippen MR) is 84.7 cm³/mol. The molecular formula is C18H18FNO2. The summed E-state index contributed by atoms with van der Waals surface area (Å²) in [5.74, 6) is 0.432. The fourth-order valence-electron chi connectivity index (χ4n) is 2.57. The van der Waals surface area contributed by atoms with Crippen molar-refractivity contribution in [3.8, 4) is 11.5 Å². The Morgan fingerprint density at radius 2 is 2.00 bits per heavy atom. The number of nitrogens with zero attached hydrogens (tertiary/aromatic N) is 1. The van der Waals surface area contributed by atoms with Crippen molar-refractivity contribution in [2.24, 2.45) is 0 Å². The highest BCUT2D eigenvalue weighted by Gasteiger charge is 2.12. The number of phenols is 1. The summed E-state index contributed by atoms with van der Waals surface area (Å²) in [6.07, 6.45) is 2.02. The van der Waals surface area contributed by atoms with Gasteiger partial charge in [0.25, 0.3) is 0 Å². The van der Waals surface area contributed by atoms with Crippen LogP contribution in [0.1, 0.15) is 25.5 Å². The van der Waals surface area contributed by atoms with Gasteiger partial charge in [-0.2, -0.15) is 0 Å². The standard InChI is InChI=1S/C18H18FNO2/c1-12(2)20-10-13(17-7-6-15(21)9-18(17)20)11-22-16-5-3-4-14(19)8-16/h3-10,12,21H,11H2,1-2H3. The van der Waals surface area contributed by atoms with Gasteiger partial charge in [0.15, 0.2) is 0 Å². The Balaban J connectivity index is 1.93. The molecule has 1 heterocycles. The molecule has 3 rings (SSSR count). The summed E-state index contributed by atoms with van der Waals surface area (Å²) in [7, 11) is 0. The summed E-state index contributed by atoms with van der Waals surface area (Å²) in [5.41, 5.74) is 1.97. The molecule has 0 aliphatic carbocycles. The first-order valence-corrected chi connectivity index (χ1v) is 7.25. The number of halogens is 1. The van der Waals surface area contributed by atoms with Crippen LogP contribution < -0.4 is 4.74 Å². The van der Waals surface area contributed by atoms with Crippen molar-refractivity contribution < 1.29 is 14.2 Å². The van der Waals surface area contributed by atoms with Gasteiger partial charge < -0.3 is 14.4 Å². The van der Waals surface area contributed by atoms with E-state index in [2.05, 4.69) is 18.4 Å². The van der Waals surface area contributed by atoms with Crippen LogP contribution in [-0.4, -0.2) is 9.67 Å². The van der Waals surface area contributed by atoms with Crippen molar-refractivity contribution in [2.75, 3.05) is 0 Å². The maximum absolute atomic E-state index is 13.2. The number of phenolic OH excluding ortho intramolecular Hbond substituents is 1. The van der Waals surface area contributed by atoms with Gasteiger partial charge in [0.05, 0.1) is 5.52 Å². The van der Waals surface area contributed by atoms with Crippen LogP contribution in [0.15, 0.2) is 48.7 Å². The Morgan fingerprint density at radius 3 is 2.73 bits per heavy atom. The Morgan fingerprint density at radius 1 is 1.18 bits per heavy atom. The van der Waals surface area contributed by atoms with Gasteiger partial charge in [0.2, 0.25) is 0 Å². The van der Waals surface area contributed by atoms with Crippen LogP contribution >= 0.6 is 0 Å². The molecule has 0 spiro atoms. The number of hydrogen-bond acceptors (Lipinski definition) is 2. The predicted octanol–water partition coefficient (Wildman–Crippen LogP) is 4.65. The number of benzene rings is 2. The van der Waals surface area contributed by atoms with Gasteiger partial charge in [-0.3, -0.25) is 0 Å². The average molecular weight is 299 g/mol. The highest BCUT2D eigenvalue weighted by molar-refractivity contribution is 5.85. The van der Waals surface area contributed by atoms with Gasteiger partial charge in [-0.15, -0.1) is 0 Å². The van der Waals surface area contributed by atoms with E-state index in [9.17, 15) is 9.50 Å². The van der Waals surface area contributed by atoms with E-state index in [0.717, 1.165) is 16.5 Å². The van der Waals surface area contributed by atoms with Crippen LogP contribution in [0.3, 0.4) is 0 Å². The molecular weight excluding hydrogens is 281 g/mol. The SMILES string of the molecule is CC(C)n1cc(COc2cccc(F)c2)c2ccc(O)cc21. The minimum Gasteiger partial charge on any atom is -0.508 e. The summed E-state index contributed by atoms with van der Waals surface area (Å²) in [6.45, 7) is 4.52. The zero-order chi connectivity index (χ0) is 15.7. The fraction of sp³-hybridized carbons (Fsp3) is 0.222. The number of aromatic hydroxyl groups is 1. The third-order valence-electron chi connectivity index (χ3n) is 3.65. The van der Waals surface area contributed by atoms with Crippen molar-refractivity contribution in [1.82, 2.24) is 4.57 Å². The van der Waals surface area contributed by atoms with Crippen LogP contribution in [0, 0.1) is 5.82 Å². The first-order chi connectivity index (χ1) is 10.5. The monoisotopic (exact) mass is 299 g/mol. The van der Waals surface area contributed by atoms with Crippen molar-refractivity contribution in [2.45, 2.75) is 26.5 Å². The Bertz CT molecular complexity index is 808. The summed E-state index contributed by atoms with van der Waals surface area (Å²) in [4.78, 5) is 0. The Kier molecular flexibility index (Phi) is 3.75. The lowest BCUT2D eigenvalue weighted by Crippen LogP contribution is -1.98. The van der Waals surface area contributed by atoms with Gasteiger partial charge in [0.1, 0.15) is 23.9 Å². The van der Waals surface area contributed by atoms with E-state index in [-0.39, 0.29) is 17.6 Å². The maximum atomic E-state index is 13.2. The summed E-state index contributed by atoms with van der Waals surface area (Å²) in [6, 6.07) is 11.7. The van der Waals surface area contributed by atoms with E-state index in [1.54, 1.807) is 24.3 Å². The molecule has 0 radical (unpaired) electrons. The third-order valence-corrected chi connectivity index (χ3v) is 3.65. The summed E-state index contributed by atoms with van der Waals surface area (Å²) in [5, 5.41) is 10.7. The van der Waals surface area contributed by atoms with E-state index in [1.165, 1.54) is 12.1 Å². The van der Waals surface area contributed by atoms with Crippen molar-refractivity contribution >= 4 is 10.9 Å². The normalized spacial score (nSPS) is 11.3. The second-order valence-corrected chi connectivity index (χ2v) is 5.60. The largest absolute Gasteiger partial charge is 0.508 e. The minimum atomic E-state index is -0.313. The van der Waals surface area contributed by atoms with E-state index in [0.29, 0.717) is 12.4 Å². The van der Waals surface area contributed by atoms with Crippen LogP contribution in [-0.2, 0) is 6.61 Å². The summed E-state index contributed by atoms with van der Waals surface area (Å²) >= 11 is 0. The fourth-order valence-corrected chi connectivity index (χ4v) is 2.57. The lowest BCUT2D eigenvalue weighted by molar-refractivity contribution is 0.305. The van der Waals surface area contributed by atoms with Gasteiger partial charge in [0, 0.05) is 35.3 Å². The molecule has 0 aliphatic heterocycles. The Hall–Kier alpha value is -2.49. The Labute approximate surface area is 128 Å². The van der Waals surface area contributed by atoms with Crippen LogP contribution in [0.5, 0.6) is 11.5 Å². The van der Waals surface area contributed by atoms with E-state index in [1.807, 2.05) is 12.3 Å². The third kappa shape index (κ3) is 2.77. The minimum absolute atomic E-state index is 0.241. The van der Waals surface area contributed by atoms with Crippen LogP contribution in [0.2, 0.25) is 0 Å². The lowest BCUT2D eigenvalue weighted by atomic mass is 10.2. The number of hydrogen-bond donors (Lipinski definition) is 1. The summed E-state index contributed by atoms with van der Waals surface area (Å²) < 4.78 is 21.0. The van der Waals surface area contributed by atoms with Gasteiger partial charge in [-0.25, -0.2) is 4.39 Å². The zero-order valence-electron chi connectivity index (χ0n) is 12.6. The number of ether oxygens (including phenoxy) is 1. The molecule has 0 amide bonds. The van der Waals surface area contributed by atoms with Crippen LogP contribution in [0.25, 0.3) is 10.9 Å². The van der Waals surface area contributed by atoms with E-state index < -0.39 is 0 Å². The molecule has 4 heteroatoms. The second-order valence-electron chi connectivity index (χ2n) is 5.60. The molecule has 0 atom stereocenters. The molecule has 1 aromatic heterocycles. The molecule has 22 heavy (non-hydrogen) atoms. The van der Waals surface area contributed by atoms with Crippen molar-refractivity contribution in [1.29, 1.82) is 0 Å². The molecule has 0 bridgehead atoms. The molecule has 0 unspecified atom stereocenters. The van der Waals surface area contributed by atoms with Crippen molar-refractivity contribution in [3.05, 3.63) is 60.0 Å². The lowest BCUT2D eigenvalue weighted by Gasteiger charge is -2.08. The van der Waals surface area contributed by atoms with E-state index in [4.69, 9.17) is 4.74 Å². The molecule has 3 aromatic rings. The molecule has 0 fully saturated rings. The number of rotatable bonds is 4. The highest BCUT2D eigenvalue weighted by atomic mass is 19.1. The molecule has 3 nitrogen and oxygen atoms in total. The van der Waals surface area contributed by atoms with Gasteiger partial charge in [-0.1, -0.05) is 6.07 Å². The average Bonchev–Trinajstić information content (AvgIpc) is 2.83. The molecule has 1 N–H and O–H groups in total. The quantitative estimate of drug-likeness (QED) is 0.761. The van der Waals surface area contributed by atoms with E-state index >= 15 is 0 Å². The molecule has 0 saturated carbocycles. The molecule has 0 saturated heterocycles. The first kappa shape index (κ1) is 14.4. The highest BCUT2D eigenvalue weighted by Crippen LogP contribution is 2.28. The topological polar surface area (TPSA) is 34.4 Å². The maximum Gasteiger partial charge on any atom is 0.126 e. The smallest absolute Gasteiger partial charge is 0.126 e. The number of aromatic nitrogens is 1. The zero-order valence-corrected chi connectivity index (χ0v) is 12.6. The molecule has 0 aliphatic rings. The molecule has 114 valence electrons. The van der Waals surface area contributed by atoms with Crippen molar-refractivity contribution in [3.63, 3.8) is 0 Å². The first-order valence-electron chi connectivity index (χ1n) is 7.25. The number of fused-ring (bicyclic) bond motifs is 1. The molecule has 2 aromatic carbocycles. The van der Waals surface area contributed by atoms with Gasteiger partial charge in [-0.05, 0) is 38.1 Å².